The second-order valence-electron chi connectivity index (χ2n) is 3.64. The van der Waals surface area contributed by atoms with Crippen molar-refractivity contribution in [2.75, 3.05) is 11.1 Å². The second-order valence-corrected chi connectivity index (χ2v) is 3.64. The summed E-state index contributed by atoms with van der Waals surface area (Å²) < 4.78 is 31.0. The maximum Gasteiger partial charge on any atom is 0.156 e. The number of rotatable bonds is 3. The molecule has 0 radical (unpaired) electrons. The first-order valence-electron chi connectivity index (χ1n) is 4.97. The predicted octanol–water partition coefficient (Wildman–Crippen LogP) is 2.46. The fraction of sp³-hybridized carbons (Fsp3) is 0.182. The molecule has 0 amide bonds. The van der Waals surface area contributed by atoms with Crippen LogP contribution < -0.4 is 11.1 Å². The fourth-order valence-corrected chi connectivity index (χ4v) is 1.41. The predicted molar refractivity (Wildman–Crippen MR) is 59.3 cm³/mol. The summed E-state index contributed by atoms with van der Waals surface area (Å²) in [6.45, 7) is 2.04. The number of nitrogens with one attached hydrogen (secondary N) is 1. The van der Waals surface area contributed by atoms with Crippen LogP contribution in [0.1, 0.15) is 11.5 Å². The van der Waals surface area contributed by atoms with E-state index in [1.54, 1.807) is 13.0 Å². The van der Waals surface area contributed by atoms with E-state index in [2.05, 4.69) is 10.5 Å². The molecule has 2 rings (SSSR count). The number of nitrogen functional groups attached to an aromatic ring is 1. The minimum absolute atomic E-state index is 0.123. The molecule has 1 heterocycles. The summed E-state index contributed by atoms with van der Waals surface area (Å²) in [5.41, 5.74) is 6.28. The van der Waals surface area contributed by atoms with Crippen LogP contribution in [-0.2, 0) is 6.54 Å². The molecule has 90 valence electrons. The van der Waals surface area contributed by atoms with Gasteiger partial charge < -0.3 is 15.6 Å². The van der Waals surface area contributed by atoms with Crippen molar-refractivity contribution in [3.8, 4) is 0 Å². The first-order chi connectivity index (χ1) is 8.06. The lowest BCUT2D eigenvalue weighted by Crippen LogP contribution is -2.04. The van der Waals surface area contributed by atoms with Gasteiger partial charge in [-0.25, -0.2) is 8.78 Å². The Hall–Kier alpha value is -2.11. The van der Waals surface area contributed by atoms with Crippen molar-refractivity contribution in [3.63, 3.8) is 0 Å². The van der Waals surface area contributed by atoms with Gasteiger partial charge in [0.2, 0.25) is 0 Å². The Kier molecular flexibility index (Phi) is 2.95. The molecule has 1 aromatic heterocycles. The lowest BCUT2D eigenvalue weighted by molar-refractivity contribution is 0.384. The van der Waals surface area contributed by atoms with Crippen molar-refractivity contribution in [1.29, 1.82) is 0 Å². The van der Waals surface area contributed by atoms with E-state index in [0.29, 0.717) is 5.76 Å². The van der Waals surface area contributed by atoms with Gasteiger partial charge in [0, 0.05) is 12.1 Å². The normalized spacial score (nSPS) is 10.5. The van der Waals surface area contributed by atoms with E-state index in [0.717, 1.165) is 17.8 Å². The number of halogens is 2. The SMILES string of the molecule is Cc1cc(CNc2cc(F)cc(F)c2N)on1. The van der Waals surface area contributed by atoms with Gasteiger partial charge in [-0.2, -0.15) is 0 Å². The Bertz CT molecular complexity index is 540. The number of aromatic nitrogens is 1. The Morgan fingerprint density at radius 3 is 2.76 bits per heavy atom. The zero-order valence-corrected chi connectivity index (χ0v) is 9.13. The van der Waals surface area contributed by atoms with Gasteiger partial charge in [-0.05, 0) is 13.0 Å². The zero-order chi connectivity index (χ0) is 12.4. The molecule has 4 nitrogen and oxygen atoms in total. The lowest BCUT2D eigenvalue weighted by atomic mass is 10.2. The number of hydrogen-bond acceptors (Lipinski definition) is 4. The molecule has 0 saturated carbocycles. The highest BCUT2D eigenvalue weighted by atomic mass is 19.1. The van der Waals surface area contributed by atoms with Crippen LogP contribution in [-0.4, -0.2) is 5.16 Å². The molecule has 0 saturated heterocycles. The smallest absolute Gasteiger partial charge is 0.156 e. The summed E-state index contributed by atoms with van der Waals surface area (Å²) in [5, 5.41) is 6.48. The molecule has 0 aliphatic heterocycles. The van der Waals surface area contributed by atoms with Crippen molar-refractivity contribution < 1.29 is 13.3 Å². The molecule has 0 atom stereocenters. The van der Waals surface area contributed by atoms with Crippen LogP contribution in [0, 0.1) is 18.6 Å². The van der Waals surface area contributed by atoms with E-state index in [4.69, 9.17) is 10.3 Å². The summed E-state index contributed by atoms with van der Waals surface area (Å²) in [5.74, 6) is -0.916. The van der Waals surface area contributed by atoms with Gasteiger partial charge in [-0.3, -0.25) is 0 Å². The highest BCUT2D eigenvalue weighted by Gasteiger charge is 2.08. The van der Waals surface area contributed by atoms with Crippen LogP contribution in [0.2, 0.25) is 0 Å². The topological polar surface area (TPSA) is 64.1 Å². The molecule has 0 aliphatic carbocycles. The second kappa shape index (κ2) is 4.40. The Morgan fingerprint density at radius 2 is 2.12 bits per heavy atom. The molecule has 0 spiro atoms. The third kappa shape index (κ3) is 2.52. The third-order valence-corrected chi connectivity index (χ3v) is 2.22. The molecule has 0 aliphatic rings. The van der Waals surface area contributed by atoms with E-state index >= 15 is 0 Å². The first kappa shape index (κ1) is 11.4. The standard InChI is InChI=1S/C11H11F2N3O/c1-6-2-8(17-16-6)5-15-10-4-7(12)3-9(13)11(10)14/h2-4,15H,5,14H2,1H3. The number of nitrogens with two attached hydrogens (primary N) is 1. The van der Waals surface area contributed by atoms with Gasteiger partial charge in [0.15, 0.2) is 11.6 Å². The molecule has 3 N–H and O–H groups in total. The van der Waals surface area contributed by atoms with Crippen LogP contribution in [0.4, 0.5) is 20.2 Å². The molecule has 0 unspecified atom stereocenters. The average Bonchev–Trinajstić information content (AvgIpc) is 2.67. The molecular formula is C11H11F2N3O. The van der Waals surface area contributed by atoms with E-state index in [1.165, 1.54) is 0 Å². The highest BCUT2D eigenvalue weighted by molar-refractivity contribution is 5.66. The summed E-state index contributed by atoms with van der Waals surface area (Å²) in [6.07, 6.45) is 0. The zero-order valence-electron chi connectivity index (χ0n) is 9.13. The van der Waals surface area contributed by atoms with Crippen molar-refractivity contribution >= 4 is 11.4 Å². The maximum atomic E-state index is 13.1. The summed E-state index contributed by atoms with van der Waals surface area (Å²) in [6, 6.07) is 3.58. The summed E-state index contributed by atoms with van der Waals surface area (Å²) in [4.78, 5) is 0. The fourth-order valence-electron chi connectivity index (χ4n) is 1.41. The highest BCUT2D eigenvalue weighted by Crippen LogP contribution is 2.23. The quantitative estimate of drug-likeness (QED) is 0.807. The van der Waals surface area contributed by atoms with Crippen LogP contribution in [0.3, 0.4) is 0 Å². The van der Waals surface area contributed by atoms with Gasteiger partial charge in [0.05, 0.1) is 23.6 Å². The third-order valence-electron chi connectivity index (χ3n) is 2.22. The Morgan fingerprint density at radius 1 is 1.35 bits per heavy atom. The van der Waals surface area contributed by atoms with Crippen LogP contribution >= 0.6 is 0 Å². The molecule has 0 fully saturated rings. The van der Waals surface area contributed by atoms with Crippen LogP contribution in [0.25, 0.3) is 0 Å². The van der Waals surface area contributed by atoms with Crippen LogP contribution in [0.15, 0.2) is 22.7 Å². The lowest BCUT2D eigenvalue weighted by Gasteiger charge is -2.08. The number of nitrogens with zero attached hydrogens (tertiary/aromatic N) is 1. The molecular weight excluding hydrogens is 228 g/mol. The monoisotopic (exact) mass is 239 g/mol. The van der Waals surface area contributed by atoms with Gasteiger partial charge in [0.25, 0.3) is 0 Å². The number of benzene rings is 1. The van der Waals surface area contributed by atoms with Gasteiger partial charge >= 0.3 is 0 Å². The number of anilines is 2. The van der Waals surface area contributed by atoms with E-state index < -0.39 is 11.6 Å². The molecule has 0 bridgehead atoms. The average molecular weight is 239 g/mol. The minimum atomic E-state index is -0.791. The van der Waals surface area contributed by atoms with Crippen molar-refractivity contribution in [2.24, 2.45) is 0 Å². The maximum absolute atomic E-state index is 13.1. The Labute approximate surface area is 96.4 Å². The van der Waals surface area contributed by atoms with Crippen molar-refractivity contribution in [3.05, 3.63) is 41.3 Å². The molecule has 6 heteroatoms. The molecule has 1 aromatic carbocycles. The van der Waals surface area contributed by atoms with Crippen molar-refractivity contribution in [2.45, 2.75) is 13.5 Å². The van der Waals surface area contributed by atoms with Crippen molar-refractivity contribution in [1.82, 2.24) is 5.16 Å². The number of hydrogen-bond donors (Lipinski definition) is 2. The van der Waals surface area contributed by atoms with Gasteiger partial charge in [-0.15, -0.1) is 0 Å². The summed E-state index contributed by atoms with van der Waals surface area (Å²) in [7, 11) is 0. The van der Waals surface area contributed by atoms with Gasteiger partial charge in [-0.1, -0.05) is 5.16 Å². The van der Waals surface area contributed by atoms with Gasteiger partial charge in [0.1, 0.15) is 5.82 Å². The minimum Gasteiger partial charge on any atom is -0.395 e. The first-order valence-corrected chi connectivity index (χ1v) is 4.97. The largest absolute Gasteiger partial charge is 0.395 e. The Balaban J connectivity index is 2.14. The van der Waals surface area contributed by atoms with Crippen LogP contribution in [0.5, 0.6) is 0 Å². The van der Waals surface area contributed by atoms with E-state index in [1.807, 2.05) is 0 Å². The number of aryl methyl sites for hydroxylation is 1. The van der Waals surface area contributed by atoms with E-state index in [-0.39, 0.29) is 17.9 Å². The molecule has 17 heavy (non-hydrogen) atoms. The molecule has 2 aromatic rings. The van der Waals surface area contributed by atoms with E-state index in [9.17, 15) is 8.78 Å². The summed E-state index contributed by atoms with van der Waals surface area (Å²) >= 11 is 0.